The summed E-state index contributed by atoms with van der Waals surface area (Å²) >= 11 is 0. The average molecular weight is 485 g/mol. The molecule has 1 aliphatic carbocycles. The molecule has 36 heavy (non-hydrogen) atoms. The number of nitrogens with zero attached hydrogens (tertiary/aromatic N) is 4. The SMILES string of the molecule is CNCCc1ccc(C#N)cc1.COC1=CCCC=C1CC(=O)Nc1ccc(-c2cnn(C)c2)cn1. The van der Waals surface area contributed by atoms with Crippen LogP contribution in [0.1, 0.15) is 30.4 Å². The number of nitriles is 1. The van der Waals surface area contributed by atoms with Crippen LogP contribution in [0.5, 0.6) is 0 Å². The van der Waals surface area contributed by atoms with E-state index >= 15 is 0 Å². The summed E-state index contributed by atoms with van der Waals surface area (Å²) in [7, 11) is 5.43. The minimum Gasteiger partial charge on any atom is -0.497 e. The predicted octanol–water partition coefficient (Wildman–Crippen LogP) is 4.38. The summed E-state index contributed by atoms with van der Waals surface area (Å²) in [4.78, 5) is 16.5. The fraction of sp³-hybridized carbons (Fsp3) is 0.286. The van der Waals surface area contributed by atoms with Crippen LogP contribution in [0.4, 0.5) is 5.82 Å². The van der Waals surface area contributed by atoms with E-state index in [9.17, 15) is 4.79 Å². The molecule has 0 spiro atoms. The highest BCUT2D eigenvalue weighted by atomic mass is 16.5. The summed E-state index contributed by atoms with van der Waals surface area (Å²) in [5.41, 5.74) is 4.87. The molecule has 3 aromatic rings. The van der Waals surface area contributed by atoms with Gasteiger partial charge in [-0.2, -0.15) is 10.4 Å². The van der Waals surface area contributed by atoms with Gasteiger partial charge in [0.05, 0.1) is 31.4 Å². The number of pyridine rings is 1. The Balaban J connectivity index is 0.000000253. The number of allylic oxidation sites excluding steroid dienone is 3. The summed E-state index contributed by atoms with van der Waals surface area (Å²) in [5.74, 6) is 1.22. The van der Waals surface area contributed by atoms with Crippen molar-refractivity contribution in [1.82, 2.24) is 20.1 Å². The number of ether oxygens (including phenoxy) is 1. The van der Waals surface area contributed by atoms with Crippen molar-refractivity contribution in [2.24, 2.45) is 7.05 Å². The second-order valence-corrected chi connectivity index (χ2v) is 8.30. The Hall–Kier alpha value is -4.22. The first-order chi connectivity index (χ1) is 17.5. The number of likely N-dealkylation sites (N-methyl/N-ethyl adjacent to an activating group) is 1. The van der Waals surface area contributed by atoms with Crippen LogP contribution in [-0.4, -0.2) is 41.4 Å². The molecule has 0 saturated heterocycles. The van der Waals surface area contributed by atoms with Gasteiger partial charge in [-0.15, -0.1) is 0 Å². The van der Waals surface area contributed by atoms with Gasteiger partial charge in [0.2, 0.25) is 5.91 Å². The highest BCUT2D eigenvalue weighted by Gasteiger charge is 2.14. The molecule has 8 heteroatoms. The van der Waals surface area contributed by atoms with Crippen molar-refractivity contribution < 1.29 is 9.53 Å². The molecule has 2 N–H and O–H groups in total. The van der Waals surface area contributed by atoms with E-state index in [-0.39, 0.29) is 12.3 Å². The first-order valence-electron chi connectivity index (χ1n) is 11.8. The van der Waals surface area contributed by atoms with Gasteiger partial charge in [-0.25, -0.2) is 4.98 Å². The van der Waals surface area contributed by atoms with Crippen molar-refractivity contribution in [2.45, 2.75) is 25.7 Å². The second kappa shape index (κ2) is 13.6. The maximum atomic E-state index is 12.2. The van der Waals surface area contributed by atoms with Gasteiger partial charge in [0.15, 0.2) is 0 Å². The number of amides is 1. The van der Waals surface area contributed by atoms with E-state index in [4.69, 9.17) is 10.00 Å². The molecule has 1 aliphatic rings. The maximum Gasteiger partial charge on any atom is 0.230 e. The van der Waals surface area contributed by atoms with Gasteiger partial charge in [0.1, 0.15) is 11.6 Å². The summed E-state index contributed by atoms with van der Waals surface area (Å²) < 4.78 is 7.05. The highest BCUT2D eigenvalue weighted by Crippen LogP contribution is 2.23. The Morgan fingerprint density at radius 2 is 1.89 bits per heavy atom. The van der Waals surface area contributed by atoms with E-state index in [1.54, 1.807) is 30.3 Å². The Kier molecular flexibility index (Phi) is 9.98. The van der Waals surface area contributed by atoms with E-state index < -0.39 is 0 Å². The Bertz CT molecular complexity index is 1230. The molecule has 0 saturated carbocycles. The molecule has 2 aromatic heterocycles. The number of benzene rings is 1. The van der Waals surface area contributed by atoms with Crippen molar-refractivity contribution in [2.75, 3.05) is 26.0 Å². The van der Waals surface area contributed by atoms with Crippen LogP contribution >= 0.6 is 0 Å². The van der Waals surface area contributed by atoms with E-state index in [2.05, 4.69) is 32.9 Å². The minimum atomic E-state index is -0.104. The zero-order valence-electron chi connectivity index (χ0n) is 21.0. The molecule has 186 valence electrons. The van der Waals surface area contributed by atoms with Gasteiger partial charge >= 0.3 is 0 Å². The molecule has 8 nitrogen and oxygen atoms in total. The van der Waals surface area contributed by atoms with E-state index in [0.29, 0.717) is 5.82 Å². The topological polar surface area (TPSA) is 105 Å². The van der Waals surface area contributed by atoms with Crippen LogP contribution in [0.2, 0.25) is 0 Å². The normalized spacial score (nSPS) is 12.4. The number of rotatable bonds is 8. The van der Waals surface area contributed by atoms with Crippen molar-refractivity contribution in [1.29, 1.82) is 5.26 Å². The largest absolute Gasteiger partial charge is 0.497 e. The molecule has 0 bridgehead atoms. The van der Waals surface area contributed by atoms with Crippen LogP contribution in [-0.2, 0) is 23.0 Å². The molecule has 0 radical (unpaired) electrons. The fourth-order valence-electron chi connectivity index (χ4n) is 3.66. The van der Waals surface area contributed by atoms with Crippen molar-refractivity contribution in [3.05, 3.63) is 89.6 Å². The molecule has 4 rings (SSSR count). The number of aromatic nitrogens is 3. The molecule has 0 aliphatic heterocycles. The zero-order valence-corrected chi connectivity index (χ0v) is 21.0. The van der Waals surface area contributed by atoms with Crippen molar-refractivity contribution >= 4 is 11.7 Å². The van der Waals surface area contributed by atoms with Gasteiger partial charge in [0.25, 0.3) is 0 Å². The summed E-state index contributed by atoms with van der Waals surface area (Å²) in [5, 5.41) is 18.6. The summed E-state index contributed by atoms with van der Waals surface area (Å²) in [6, 6.07) is 13.5. The fourth-order valence-corrected chi connectivity index (χ4v) is 3.66. The first-order valence-corrected chi connectivity index (χ1v) is 11.8. The quantitative estimate of drug-likeness (QED) is 0.492. The lowest BCUT2D eigenvalue weighted by Crippen LogP contribution is -2.14. The lowest BCUT2D eigenvalue weighted by atomic mass is 10.0. The van der Waals surface area contributed by atoms with Crippen molar-refractivity contribution in [3.8, 4) is 17.2 Å². The van der Waals surface area contributed by atoms with E-state index in [0.717, 1.165) is 53.8 Å². The number of carbonyl (C=O) groups excluding carboxylic acids is 1. The van der Waals surface area contributed by atoms with Gasteiger partial charge in [-0.05, 0) is 74.3 Å². The maximum absolute atomic E-state index is 12.2. The molecular weight excluding hydrogens is 452 g/mol. The predicted molar refractivity (Wildman–Crippen MR) is 141 cm³/mol. The van der Waals surface area contributed by atoms with Gasteiger partial charge < -0.3 is 15.4 Å². The van der Waals surface area contributed by atoms with Crippen LogP contribution in [0.25, 0.3) is 11.1 Å². The molecule has 0 fully saturated rings. The molecular formula is C28H32N6O2. The number of aryl methyl sites for hydroxylation is 1. The van der Waals surface area contributed by atoms with Crippen LogP contribution in [0, 0.1) is 11.3 Å². The van der Waals surface area contributed by atoms with Crippen LogP contribution < -0.4 is 10.6 Å². The standard InChI is InChI=1S/C18H20N4O2.C10H12N2/c1-22-12-15(11-20-22)14-7-8-17(19-10-14)21-18(23)9-13-5-3-4-6-16(13)24-2;1-12-7-6-9-2-4-10(8-11)5-3-9/h5-8,10-12H,3-4,9H2,1-2H3,(H,19,21,23);2-5,12H,6-7H2,1H3. The monoisotopic (exact) mass is 484 g/mol. The average Bonchev–Trinajstić information content (AvgIpc) is 3.35. The van der Waals surface area contributed by atoms with Gasteiger partial charge in [-0.3, -0.25) is 9.48 Å². The number of anilines is 1. The Labute approximate surface area is 212 Å². The number of nitrogens with one attached hydrogen (secondary N) is 2. The lowest BCUT2D eigenvalue weighted by Gasteiger charge is -2.14. The highest BCUT2D eigenvalue weighted by molar-refractivity contribution is 5.92. The number of hydrogen-bond donors (Lipinski definition) is 2. The van der Waals surface area contributed by atoms with Crippen molar-refractivity contribution in [3.63, 3.8) is 0 Å². The third kappa shape index (κ3) is 7.93. The second-order valence-electron chi connectivity index (χ2n) is 8.30. The lowest BCUT2D eigenvalue weighted by molar-refractivity contribution is -0.115. The Morgan fingerprint density at radius 3 is 2.50 bits per heavy atom. The van der Waals surface area contributed by atoms with Gasteiger partial charge in [-0.1, -0.05) is 18.2 Å². The van der Waals surface area contributed by atoms with Crippen LogP contribution in [0.15, 0.2) is 78.5 Å². The van der Waals surface area contributed by atoms with E-state index in [1.165, 1.54) is 5.56 Å². The number of carbonyl (C=O) groups is 1. The van der Waals surface area contributed by atoms with Crippen LogP contribution in [0.3, 0.4) is 0 Å². The molecule has 1 amide bonds. The minimum absolute atomic E-state index is 0.104. The summed E-state index contributed by atoms with van der Waals surface area (Å²) in [6.07, 6.45) is 12.7. The molecule has 2 heterocycles. The first kappa shape index (κ1) is 26.4. The Morgan fingerprint density at radius 1 is 1.11 bits per heavy atom. The van der Waals surface area contributed by atoms with E-state index in [1.807, 2.05) is 56.7 Å². The third-order valence-corrected chi connectivity index (χ3v) is 5.59. The molecule has 1 aromatic carbocycles. The molecule has 0 atom stereocenters. The summed E-state index contributed by atoms with van der Waals surface area (Å²) in [6.45, 7) is 0.978. The number of hydrogen-bond acceptors (Lipinski definition) is 6. The molecule has 0 unspecified atom stereocenters. The smallest absolute Gasteiger partial charge is 0.230 e. The van der Waals surface area contributed by atoms with Gasteiger partial charge in [0, 0.05) is 30.6 Å². The number of methoxy groups -OCH3 is 1. The zero-order chi connectivity index (χ0) is 25.8. The third-order valence-electron chi connectivity index (χ3n) is 5.59.